The zero-order valence-corrected chi connectivity index (χ0v) is 20.0. The maximum Gasteiger partial charge on any atom is 0.240 e. The van der Waals surface area contributed by atoms with Crippen molar-refractivity contribution in [3.05, 3.63) is 93.4 Å². The number of anilines is 1. The summed E-state index contributed by atoms with van der Waals surface area (Å²) in [7, 11) is 1.46. The predicted octanol–water partition coefficient (Wildman–Crippen LogP) is 3.15. The number of methoxy groups -OCH3 is 1. The van der Waals surface area contributed by atoms with E-state index in [1.54, 1.807) is 22.9 Å². The third-order valence-electron chi connectivity index (χ3n) is 6.03. The number of rotatable bonds is 8. The second-order valence-electron chi connectivity index (χ2n) is 8.29. The van der Waals surface area contributed by atoms with Crippen molar-refractivity contribution in [2.75, 3.05) is 38.2 Å². The summed E-state index contributed by atoms with van der Waals surface area (Å²) in [5.74, 6) is 0.0531. The van der Waals surface area contributed by atoms with E-state index < -0.39 is 0 Å². The molecule has 1 N–H and O–H groups in total. The van der Waals surface area contributed by atoms with Crippen molar-refractivity contribution in [3.63, 3.8) is 0 Å². The predicted molar refractivity (Wildman–Crippen MR) is 134 cm³/mol. The third-order valence-corrected chi connectivity index (χ3v) is 6.40. The molecule has 1 saturated heterocycles. The summed E-state index contributed by atoms with van der Waals surface area (Å²) in [6.45, 7) is 4.56. The van der Waals surface area contributed by atoms with Gasteiger partial charge in [0.05, 0.1) is 13.3 Å². The van der Waals surface area contributed by atoms with Crippen LogP contribution < -0.4 is 20.4 Å². The van der Waals surface area contributed by atoms with Crippen LogP contribution in [0.3, 0.4) is 0 Å². The van der Waals surface area contributed by atoms with Crippen molar-refractivity contribution in [2.24, 2.45) is 0 Å². The number of carbonyl (C=O) groups excluding carboxylic acids is 1. The molecular weight excluding hydrogens is 452 g/mol. The van der Waals surface area contributed by atoms with Crippen LogP contribution in [-0.4, -0.2) is 48.7 Å². The number of hydrogen-bond donors (Lipinski definition) is 1. The molecule has 1 aromatic heterocycles. The summed E-state index contributed by atoms with van der Waals surface area (Å²) < 4.78 is 7.01. The van der Waals surface area contributed by atoms with Crippen molar-refractivity contribution in [2.45, 2.75) is 19.6 Å². The monoisotopic (exact) mass is 480 g/mol. The fraction of sp³-hybridized carbons (Fsp3) is 0.308. The lowest BCUT2D eigenvalue weighted by Crippen LogP contribution is -2.46. The zero-order valence-electron chi connectivity index (χ0n) is 19.2. The van der Waals surface area contributed by atoms with E-state index in [4.69, 9.17) is 16.3 Å². The lowest BCUT2D eigenvalue weighted by Gasteiger charge is -2.36. The Kier molecular flexibility index (Phi) is 7.87. The fourth-order valence-electron chi connectivity index (χ4n) is 4.11. The number of halogens is 1. The second kappa shape index (κ2) is 11.2. The Balaban J connectivity index is 1.42. The van der Waals surface area contributed by atoms with E-state index in [-0.39, 0.29) is 23.6 Å². The van der Waals surface area contributed by atoms with Crippen molar-refractivity contribution in [1.82, 2.24) is 14.8 Å². The minimum atomic E-state index is -0.187. The highest BCUT2D eigenvalue weighted by atomic mass is 35.5. The first kappa shape index (κ1) is 23.9. The number of benzene rings is 2. The first-order valence-electron chi connectivity index (χ1n) is 11.3. The SMILES string of the molecule is COc1cn(CC(=O)NCc2ccccc2Cl)c(CN2CCN(c3ccccc3)CC2)cc1=O. The van der Waals surface area contributed by atoms with Gasteiger partial charge in [-0.3, -0.25) is 14.5 Å². The minimum absolute atomic E-state index is 0.0837. The average molecular weight is 481 g/mol. The van der Waals surface area contributed by atoms with E-state index in [0.29, 0.717) is 18.1 Å². The highest BCUT2D eigenvalue weighted by Crippen LogP contribution is 2.18. The van der Waals surface area contributed by atoms with Crippen molar-refractivity contribution < 1.29 is 9.53 Å². The van der Waals surface area contributed by atoms with Crippen LogP contribution in [0.2, 0.25) is 5.02 Å². The number of nitrogens with one attached hydrogen (secondary N) is 1. The molecule has 2 heterocycles. The van der Waals surface area contributed by atoms with E-state index in [1.807, 2.05) is 24.3 Å². The van der Waals surface area contributed by atoms with Gasteiger partial charge in [-0.25, -0.2) is 0 Å². The van der Waals surface area contributed by atoms with Crippen LogP contribution in [-0.2, 0) is 24.4 Å². The Morgan fingerprint density at radius 2 is 1.74 bits per heavy atom. The van der Waals surface area contributed by atoms with Crippen LogP contribution in [0.5, 0.6) is 5.75 Å². The molecule has 1 aliphatic rings. The summed E-state index contributed by atoms with van der Waals surface area (Å²) >= 11 is 6.19. The molecule has 0 atom stereocenters. The standard InChI is InChI=1S/C26H29ClN4O3/c1-34-25-18-31(19-26(33)28-16-20-7-5-6-10-23(20)27)22(15-24(25)32)17-29-11-13-30(14-12-29)21-8-3-2-4-9-21/h2-10,15,18H,11-14,16-17,19H2,1H3,(H,28,33). The van der Waals surface area contributed by atoms with Gasteiger partial charge >= 0.3 is 0 Å². The van der Waals surface area contributed by atoms with Crippen molar-refractivity contribution >= 4 is 23.2 Å². The Labute approximate surface area is 204 Å². The van der Waals surface area contributed by atoms with Gasteiger partial charge in [-0.15, -0.1) is 0 Å². The maximum atomic E-state index is 12.7. The fourth-order valence-corrected chi connectivity index (χ4v) is 4.31. The molecule has 8 heteroatoms. The molecule has 0 unspecified atom stereocenters. The van der Waals surface area contributed by atoms with Gasteiger partial charge in [0, 0.05) is 61.7 Å². The molecule has 34 heavy (non-hydrogen) atoms. The molecule has 0 bridgehead atoms. The number of hydrogen-bond acceptors (Lipinski definition) is 5. The van der Waals surface area contributed by atoms with Crippen molar-refractivity contribution in [3.8, 4) is 5.75 Å². The van der Waals surface area contributed by atoms with Gasteiger partial charge in [-0.05, 0) is 23.8 Å². The summed E-state index contributed by atoms with van der Waals surface area (Å²) in [5.41, 5.74) is 2.67. The Hall–Kier alpha value is -3.29. The highest BCUT2D eigenvalue weighted by molar-refractivity contribution is 6.31. The van der Waals surface area contributed by atoms with Gasteiger partial charge in [0.15, 0.2) is 5.75 Å². The molecule has 2 aromatic carbocycles. The van der Waals surface area contributed by atoms with E-state index in [0.717, 1.165) is 37.4 Å². The first-order chi connectivity index (χ1) is 16.5. The lowest BCUT2D eigenvalue weighted by atomic mass is 10.2. The van der Waals surface area contributed by atoms with Gasteiger partial charge in [0.25, 0.3) is 0 Å². The maximum absolute atomic E-state index is 12.7. The van der Waals surface area contributed by atoms with Crippen LogP contribution in [0, 0.1) is 0 Å². The largest absolute Gasteiger partial charge is 0.491 e. The van der Waals surface area contributed by atoms with Crippen LogP contribution in [0.4, 0.5) is 5.69 Å². The molecule has 7 nitrogen and oxygen atoms in total. The van der Waals surface area contributed by atoms with E-state index >= 15 is 0 Å². The number of para-hydroxylation sites is 1. The minimum Gasteiger partial charge on any atom is -0.491 e. The average Bonchev–Trinajstić information content (AvgIpc) is 2.86. The van der Waals surface area contributed by atoms with E-state index in [1.165, 1.54) is 12.8 Å². The lowest BCUT2D eigenvalue weighted by molar-refractivity contribution is -0.121. The molecule has 178 valence electrons. The number of piperazine rings is 1. The molecule has 1 aliphatic heterocycles. The molecule has 0 saturated carbocycles. The zero-order chi connectivity index (χ0) is 23.9. The number of amides is 1. The van der Waals surface area contributed by atoms with Gasteiger partial charge in [0.1, 0.15) is 6.54 Å². The summed E-state index contributed by atoms with van der Waals surface area (Å²) in [5, 5.41) is 3.53. The molecule has 0 aliphatic carbocycles. The van der Waals surface area contributed by atoms with E-state index in [2.05, 4.69) is 39.4 Å². The third kappa shape index (κ3) is 5.98. The van der Waals surface area contributed by atoms with Gasteiger partial charge in [0.2, 0.25) is 11.3 Å². The molecule has 3 aromatic rings. The number of carbonyl (C=O) groups is 1. The molecular formula is C26H29ClN4O3. The number of nitrogens with zero attached hydrogens (tertiary/aromatic N) is 3. The van der Waals surface area contributed by atoms with Crippen LogP contribution in [0.15, 0.2) is 71.7 Å². The number of pyridine rings is 1. The summed E-state index contributed by atoms with van der Waals surface area (Å²) in [6, 6.07) is 19.4. The Bertz CT molecular complexity index is 1170. The Morgan fingerprint density at radius 1 is 1.03 bits per heavy atom. The molecule has 0 spiro atoms. The number of ether oxygens (including phenoxy) is 1. The summed E-state index contributed by atoms with van der Waals surface area (Å²) in [4.78, 5) is 29.8. The highest BCUT2D eigenvalue weighted by Gasteiger charge is 2.19. The molecule has 0 radical (unpaired) electrons. The second-order valence-corrected chi connectivity index (χ2v) is 8.70. The molecule has 1 fully saturated rings. The van der Waals surface area contributed by atoms with Gasteiger partial charge in [-0.2, -0.15) is 0 Å². The topological polar surface area (TPSA) is 66.8 Å². The molecule has 1 amide bonds. The van der Waals surface area contributed by atoms with Crippen LogP contribution in [0.25, 0.3) is 0 Å². The van der Waals surface area contributed by atoms with Crippen molar-refractivity contribution in [1.29, 1.82) is 0 Å². The normalized spacial score (nSPS) is 14.1. The smallest absolute Gasteiger partial charge is 0.240 e. The van der Waals surface area contributed by atoms with Crippen LogP contribution >= 0.6 is 11.6 Å². The van der Waals surface area contributed by atoms with E-state index in [9.17, 15) is 9.59 Å². The van der Waals surface area contributed by atoms with Crippen LogP contribution in [0.1, 0.15) is 11.3 Å². The van der Waals surface area contributed by atoms with Gasteiger partial charge in [-0.1, -0.05) is 48.0 Å². The first-order valence-corrected chi connectivity index (χ1v) is 11.7. The number of aromatic nitrogens is 1. The molecule has 4 rings (SSSR count). The van der Waals surface area contributed by atoms with Gasteiger partial charge < -0.3 is 19.5 Å². The quantitative estimate of drug-likeness (QED) is 0.536. The Morgan fingerprint density at radius 3 is 2.44 bits per heavy atom. The summed E-state index contributed by atoms with van der Waals surface area (Å²) in [6.07, 6.45) is 1.62.